The molecule has 1 amide bonds. The fourth-order valence-electron chi connectivity index (χ4n) is 1.49. The molecular formula is C13H12ClN5O. The molecule has 0 spiro atoms. The molecule has 0 fully saturated rings. The van der Waals surface area contributed by atoms with Crippen molar-refractivity contribution >= 4 is 29.4 Å². The predicted octanol–water partition coefficient (Wildman–Crippen LogP) is 1.98. The first-order chi connectivity index (χ1) is 9.60. The van der Waals surface area contributed by atoms with Crippen LogP contribution in [0, 0.1) is 6.92 Å². The summed E-state index contributed by atoms with van der Waals surface area (Å²) >= 11 is 6.03. The van der Waals surface area contributed by atoms with Crippen molar-refractivity contribution < 1.29 is 4.79 Å². The van der Waals surface area contributed by atoms with Crippen LogP contribution in [-0.4, -0.2) is 22.1 Å². The summed E-state index contributed by atoms with van der Waals surface area (Å²) in [7, 11) is 0. The molecule has 0 bridgehead atoms. The van der Waals surface area contributed by atoms with Gasteiger partial charge >= 0.3 is 0 Å². The van der Waals surface area contributed by atoms with E-state index in [0.29, 0.717) is 16.3 Å². The van der Waals surface area contributed by atoms with Crippen molar-refractivity contribution in [1.29, 1.82) is 0 Å². The highest BCUT2D eigenvalue weighted by Gasteiger charge is 2.09. The molecule has 0 radical (unpaired) electrons. The first-order valence-electron chi connectivity index (χ1n) is 5.73. The summed E-state index contributed by atoms with van der Waals surface area (Å²) in [6.45, 7) is 1.80. The van der Waals surface area contributed by atoms with E-state index in [1.165, 1.54) is 18.6 Å². The number of nitrogens with two attached hydrogens (primary N) is 1. The molecule has 0 aliphatic rings. The van der Waals surface area contributed by atoms with Gasteiger partial charge in [0.2, 0.25) is 0 Å². The van der Waals surface area contributed by atoms with Crippen LogP contribution in [0.5, 0.6) is 0 Å². The maximum Gasteiger partial charge on any atom is 0.275 e. The Kier molecular flexibility index (Phi) is 4.27. The van der Waals surface area contributed by atoms with E-state index >= 15 is 0 Å². The first kappa shape index (κ1) is 14.0. The van der Waals surface area contributed by atoms with Gasteiger partial charge in [0.1, 0.15) is 5.69 Å². The van der Waals surface area contributed by atoms with Gasteiger partial charge in [0.15, 0.2) is 0 Å². The topological polar surface area (TPSA) is 93.3 Å². The van der Waals surface area contributed by atoms with Gasteiger partial charge in [-0.1, -0.05) is 11.6 Å². The fourth-order valence-corrected chi connectivity index (χ4v) is 1.72. The van der Waals surface area contributed by atoms with Gasteiger partial charge in [0.05, 0.1) is 23.1 Å². The van der Waals surface area contributed by atoms with E-state index < -0.39 is 0 Å². The average Bonchev–Trinajstić information content (AvgIpc) is 2.42. The second kappa shape index (κ2) is 6.12. The second-order valence-electron chi connectivity index (χ2n) is 4.01. The molecule has 7 heteroatoms. The van der Waals surface area contributed by atoms with Gasteiger partial charge in [0, 0.05) is 17.4 Å². The Morgan fingerprint density at radius 1 is 1.40 bits per heavy atom. The molecule has 1 heterocycles. The van der Waals surface area contributed by atoms with Crippen LogP contribution < -0.4 is 11.2 Å². The number of anilines is 1. The van der Waals surface area contributed by atoms with Crippen molar-refractivity contribution in [3.8, 4) is 0 Å². The van der Waals surface area contributed by atoms with Gasteiger partial charge in [-0.05, 0) is 25.1 Å². The lowest BCUT2D eigenvalue weighted by atomic mass is 10.2. The van der Waals surface area contributed by atoms with E-state index in [1.54, 1.807) is 25.1 Å². The lowest BCUT2D eigenvalue weighted by molar-refractivity contribution is 0.102. The number of hydrogen-bond donors (Lipinski definition) is 2. The third kappa shape index (κ3) is 3.30. The zero-order valence-corrected chi connectivity index (χ0v) is 11.4. The van der Waals surface area contributed by atoms with Gasteiger partial charge in [0.25, 0.3) is 5.91 Å². The Morgan fingerprint density at radius 2 is 2.20 bits per heavy atom. The van der Waals surface area contributed by atoms with E-state index in [0.717, 1.165) is 5.69 Å². The number of halogens is 1. The molecule has 1 aromatic heterocycles. The third-order valence-electron chi connectivity index (χ3n) is 2.49. The molecule has 102 valence electrons. The summed E-state index contributed by atoms with van der Waals surface area (Å²) in [5.41, 5.74) is 2.20. The zero-order valence-electron chi connectivity index (χ0n) is 10.7. The van der Waals surface area contributed by atoms with Gasteiger partial charge in [-0.25, -0.2) is 4.98 Å². The molecule has 20 heavy (non-hydrogen) atoms. The van der Waals surface area contributed by atoms with Gasteiger partial charge in [-0.15, -0.1) is 0 Å². The minimum Gasteiger partial charge on any atom is -0.323 e. The Bertz CT molecular complexity index is 654. The molecule has 0 saturated carbocycles. The predicted molar refractivity (Wildman–Crippen MR) is 78.0 cm³/mol. The number of aromatic nitrogens is 2. The van der Waals surface area contributed by atoms with Crippen LogP contribution in [0.25, 0.3) is 0 Å². The Balaban J connectivity index is 2.15. The maximum atomic E-state index is 11.9. The molecule has 3 N–H and O–H groups in total. The van der Waals surface area contributed by atoms with Crippen molar-refractivity contribution in [2.75, 3.05) is 5.32 Å². The Labute approximate surface area is 120 Å². The first-order valence-corrected chi connectivity index (χ1v) is 6.11. The summed E-state index contributed by atoms with van der Waals surface area (Å²) in [5.74, 6) is 4.71. The number of nitrogens with one attached hydrogen (secondary N) is 1. The van der Waals surface area contributed by atoms with Crippen LogP contribution in [0.4, 0.5) is 5.69 Å². The lowest BCUT2D eigenvalue weighted by Crippen LogP contribution is -2.14. The minimum absolute atomic E-state index is 0.235. The lowest BCUT2D eigenvalue weighted by Gasteiger charge is -2.06. The maximum absolute atomic E-state index is 11.9. The summed E-state index contributed by atoms with van der Waals surface area (Å²) < 4.78 is 0. The SMILES string of the molecule is Cc1cnc(C(=O)Nc2ccc(C=NN)c(Cl)c2)cn1. The minimum atomic E-state index is -0.353. The van der Waals surface area contributed by atoms with E-state index in [4.69, 9.17) is 17.4 Å². The number of carbonyl (C=O) groups excluding carboxylic acids is 1. The van der Waals surface area contributed by atoms with Crippen LogP contribution in [0.2, 0.25) is 5.02 Å². The van der Waals surface area contributed by atoms with E-state index in [-0.39, 0.29) is 11.6 Å². The average molecular weight is 290 g/mol. The van der Waals surface area contributed by atoms with Crippen LogP contribution in [0.1, 0.15) is 21.7 Å². The fraction of sp³-hybridized carbons (Fsp3) is 0.0769. The smallest absolute Gasteiger partial charge is 0.275 e. The number of hydrazone groups is 1. The summed E-state index contributed by atoms with van der Waals surface area (Å²) in [5, 5.41) is 6.52. The quantitative estimate of drug-likeness (QED) is 0.513. The number of amides is 1. The summed E-state index contributed by atoms with van der Waals surface area (Å²) in [6.07, 6.45) is 4.38. The number of hydrogen-bond acceptors (Lipinski definition) is 5. The summed E-state index contributed by atoms with van der Waals surface area (Å²) in [6, 6.07) is 5.01. The Morgan fingerprint density at radius 3 is 2.80 bits per heavy atom. The van der Waals surface area contributed by atoms with E-state index in [1.807, 2.05) is 0 Å². The highest BCUT2D eigenvalue weighted by Crippen LogP contribution is 2.20. The Hall–Kier alpha value is -2.47. The second-order valence-corrected chi connectivity index (χ2v) is 4.42. The molecule has 0 aliphatic carbocycles. The van der Waals surface area contributed by atoms with E-state index in [9.17, 15) is 4.79 Å². The van der Waals surface area contributed by atoms with Crippen molar-refractivity contribution in [1.82, 2.24) is 9.97 Å². The number of benzene rings is 1. The van der Waals surface area contributed by atoms with Crippen molar-refractivity contribution in [3.05, 3.63) is 52.6 Å². The molecular weight excluding hydrogens is 278 g/mol. The number of carbonyl (C=O) groups is 1. The zero-order chi connectivity index (χ0) is 14.5. The highest BCUT2D eigenvalue weighted by molar-refractivity contribution is 6.33. The molecule has 2 rings (SSSR count). The normalized spacial score (nSPS) is 10.7. The third-order valence-corrected chi connectivity index (χ3v) is 2.81. The highest BCUT2D eigenvalue weighted by atomic mass is 35.5. The summed E-state index contributed by atoms with van der Waals surface area (Å²) in [4.78, 5) is 20.0. The monoisotopic (exact) mass is 289 g/mol. The van der Waals surface area contributed by atoms with Crippen LogP contribution in [-0.2, 0) is 0 Å². The van der Waals surface area contributed by atoms with Gasteiger partial charge in [-0.2, -0.15) is 5.10 Å². The number of nitrogens with zero attached hydrogens (tertiary/aromatic N) is 3. The molecule has 0 aliphatic heterocycles. The molecule has 0 atom stereocenters. The molecule has 0 saturated heterocycles. The molecule has 0 unspecified atom stereocenters. The number of rotatable bonds is 3. The van der Waals surface area contributed by atoms with Crippen LogP contribution >= 0.6 is 11.6 Å². The van der Waals surface area contributed by atoms with Crippen molar-refractivity contribution in [2.45, 2.75) is 6.92 Å². The van der Waals surface area contributed by atoms with Crippen molar-refractivity contribution in [2.24, 2.45) is 10.9 Å². The largest absolute Gasteiger partial charge is 0.323 e. The standard InChI is InChI=1S/C13H12ClN5O/c1-8-5-17-12(7-16-8)13(20)19-10-3-2-9(6-18-15)11(14)4-10/h2-7H,15H2,1H3,(H,19,20). The van der Waals surface area contributed by atoms with E-state index in [2.05, 4.69) is 20.4 Å². The number of aryl methyl sites for hydroxylation is 1. The molecule has 1 aromatic carbocycles. The van der Waals surface area contributed by atoms with Gasteiger partial charge < -0.3 is 11.2 Å². The van der Waals surface area contributed by atoms with Crippen molar-refractivity contribution in [3.63, 3.8) is 0 Å². The van der Waals surface area contributed by atoms with Gasteiger partial charge in [-0.3, -0.25) is 9.78 Å². The van der Waals surface area contributed by atoms with Crippen LogP contribution in [0.15, 0.2) is 35.7 Å². The molecule has 2 aromatic rings. The molecule has 6 nitrogen and oxygen atoms in total. The van der Waals surface area contributed by atoms with Crippen LogP contribution in [0.3, 0.4) is 0 Å².